The number of methoxy groups -OCH3 is 2. The van der Waals surface area contributed by atoms with Crippen LogP contribution in [-0.2, 0) is 20.7 Å². The van der Waals surface area contributed by atoms with Crippen molar-refractivity contribution in [2.45, 2.75) is 64.7 Å². The van der Waals surface area contributed by atoms with Crippen molar-refractivity contribution in [3.63, 3.8) is 0 Å². The van der Waals surface area contributed by atoms with E-state index < -0.39 is 5.97 Å². The minimum absolute atomic E-state index is 0.347. The van der Waals surface area contributed by atoms with Crippen LogP contribution < -0.4 is 9.47 Å². The highest BCUT2D eigenvalue weighted by Crippen LogP contribution is 2.37. The molecule has 0 N–H and O–H groups in total. The van der Waals surface area contributed by atoms with Gasteiger partial charge in [-0.2, -0.15) is 0 Å². The Labute approximate surface area is 225 Å². The highest BCUT2D eigenvalue weighted by molar-refractivity contribution is 6.37. The van der Waals surface area contributed by atoms with Crippen molar-refractivity contribution in [2.24, 2.45) is 0 Å². The molecule has 0 aliphatic heterocycles. The van der Waals surface area contributed by atoms with E-state index >= 15 is 0 Å². The molecule has 7 heteroatoms. The van der Waals surface area contributed by atoms with Crippen LogP contribution in [0.15, 0.2) is 42.7 Å². The molecule has 0 saturated heterocycles. The predicted octanol–water partition coefficient (Wildman–Crippen LogP) is 8.29. The van der Waals surface area contributed by atoms with Crippen molar-refractivity contribution < 1.29 is 23.7 Å². The number of unbranched alkanes of at least 4 members (excludes halogenated alkanes) is 7. The zero-order valence-corrected chi connectivity index (χ0v) is 23.1. The van der Waals surface area contributed by atoms with Gasteiger partial charge in [0.15, 0.2) is 5.75 Å². The lowest BCUT2D eigenvalue weighted by Crippen LogP contribution is -2.09. The third kappa shape index (κ3) is 9.94. The quantitative estimate of drug-likeness (QED) is 0.0880. The van der Waals surface area contributed by atoms with Gasteiger partial charge in [-0.3, -0.25) is 0 Å². The molecule has 36 heavy (non-hydrogen) atoms. The Morgan fingerprint density at radius 1 is 0.861 bits per heavy atom. The molecule has 2 rings (SSSR count). The molecule has 0 saturated carbocycles. The van der Waals surface area contributed by atoms with Gasteiger partial charge in [0, 0.05) is 18.6 Å². The maximum absolute atomic E-state index is 12.2. The number of carbonyl (C=O) groups is 1. The third-order valence-electron chi connectivity index (χ3n) is 5.80. The second-order valence-corrected chi connectivity index (χ2v) is 9.37. The Hall–Kier alpha value is -2.37. The summed E-state index contributed by atoms with van der Waals surface area (Å²) in [6, 6.07) is 11.0. The normalized spacial score (nSPS) is 11.3. The van der Waals surface area contributed by atoms with Crippen molar-refractivity contribution in [3.05, 3.63) is 63.8 Å². The number of esters is 1. The maximum Gasteiger partial charge on any atom is 0.341 e. The van der Waals surface area contributed by atoms with E-state index in [4.69, 9.17) is 42.1 Å². The first-order chi connectivity index (χ1) is 17.5. The molecule has 2 aromatic carbocycles. The molecule has 0 amide bonds. The first-order valence-electron chi connectivity index (χ1n) is 12.7. The minimum Gasteiger partial charge on any atom is -0.503 e. The molecule has 198 valence electrons. The van der Waals surface area contributed by atoms with Crippen molar-refractivity contribution in [1.82, 2.24) is 0 Å². The fraction of sp³-hybridized carbons (Fsp3) is 0.483. The SMILES string of the molecule is CCCCCCCCCCOc1c(Cl)cc(OCCc2ccccc2/C(=C\OC)C(=O)OC)cc1Cl. The lowest BCUT2D eigenvalue weighted by Gasteiger charge is -2.14. The van der Waals surface area contributed by atoms with E-state index in [1.165, 1.54) is 59.0 Å². The summed E-state index contributed by atoms with van der Waals surface area (Å²) in [5.41, 5.74) is 2.00. The molecule has 0 heterocycles. The van der Waals surface area contributed by atoms with Crippen LogP contribution >= 0.6 is 23.2 Å². The average Bonchev–Trinajstić information content (AvgIpc) is 2.87. The topological polar surface area (TPSA) is 54.0 Å². The monoisotopic (exact) mass is 536 g/mol. The van der Waals surface area contributed by atoms with E-state index in [1.807, 2.05) is 24.3 Å². The molecule has 0 aliphatic rings. The Bertz CT molecular complexity index is 951. The van der Waals surface area contributed by atoms with E-state index in [-0.39, 0.29) is 0 Å². The first-order valence-corrected chi connectivity index (χ1v) is 13.4. The molecule has 2 aromatic rings. The predicted molar refractivity (Wildman–Crippen MR) is 147 cm³/mol. The number of ether oxygens (including phenoxy) is 4. The number of rotatable bonds is 17. The van der Waals surface area contributed by atoms with Gasteiger partial charge in [-0.1, -0.05) is 99.3 Å². The smallest absolute Gasteiger partial charge is 0.341 e. The Balaban J connectivity index is 1.87. The summed E-state index contributed by atoms with van der Waals surface area (Å²) in [6.45, 7) is 3.19. The number of halogens is 2. The van der Waals surface area contributed by atoms with Gasteiger partial charge in [-0.05, 0) is 17.5 Å². The summed E-state index contributed by atoms with van der Waals surface area (Å²) in [6.07, 6.45) is 11.8. The fourth-order valence-corrected chi connectivity index (χ4v) is 4.47. The molecule has 0 aliphatic carbocycles. The number of carbonyl (C=O) groups excluding carboxylic acids is 1. The second kappa shape index (κ2) is 17.1. The van der Waals surface area contributed by atoms with Gasteiger partial charge in [0.2, 0.25) is 0 Å². The van der Waals surface area contributed by atoms with Crippen LogP contribution in [0.1, 0.15) is 69.4 Å². The van der Waals surface area contributed by atoms with Gasteiger partial charge < -0.3 is 18.9 Å². The van der Waals surface area contributed by atoms with Gasteiger partial charge in [0.25, 0.3) is 0 Å². The van der Waals surface area contributed by atoms with Crippen LogP contribution in [-0.4, -0.2) is 33.4 Å². The molecular weight excluding hydrogens is 499 g/mol. The zero-order valence-electron chi connectivity index (χ0n) is 21.6. The number of hydrogen-bond acceptors (Lipinski definition) is 5. The maximum atomic E-state index is 12.2. The highest BCUT2D eigenvalue weighted by atomic mass is 35.5. The van der Waals surface area contributed by atoms with E-state index in [1.54, 1.807) is 12.1 Å². The number of hydrogen-bond donors (Lipinski definition) is 0. The fourth-order valence-electron chi connectivity index (χ4n) is 3.90. The summed E-state index contributed by atoms with van der Waals surface area (Å²) in [5.74, 6) is 0.584. The molecule has 0 atom stereocenters. The van der Waals surface area contributed by atoms with Crippen LogP contribution in [0.3, 0.4) is 0 Å². The van der Waals surface area contributed by atoms with E-state index in [2.05, 4.69) is 6.92 Å². The Morgan fingerprint density at radius 3 is 2.14 bits per heavy atom. The molecule has 0 radical (unpaired) electrons. The average molecular weight is 538 g/mol. The lowest BCUT2D eigenvalue weighted by atomic mass is 9.98. The van der Waals surface area contributed by atoms with Crippen LogP contribution in [0.2, 0.25) is 10.0 Å². The Morgan fingerprint density at radius 2 is 1.50 bits per heavy atom. The molecule has 0 fully saturated rings. The van der Waals surface area contributed by atoms with Crippen LogP contribution in [0, 0.1) is 0 Å². The summed E-state index contributed by atoms with van der Waals surface area (Å²) < 4.78 is 21.7. The molecular formula is C29H38Cl2O5. The molecule has 0 unspecified atom stereocenters. The summed E-state index contributed by atoms with van der Waals surface area (Å²) in [5, 5.41) is 0.849. The molecule has 0 aromatic heterocycles. The standard InChI is InChI=1S/C29H38Cl2O5/c1-4-5-6-7-8-9-10-13-17-36-28-26(30)19-23(20-27(28)31)35-18-16-22-14-11-12-15-24(22)25(21-33-2)29(32)34-3/h11-12,14-15,19-21H,4-10,13,16-18H2,1-3H3/b25-21+. The van der Waals surface area contributed by atoms with Crippen LogP contribution in [0.4, 0.5) is 0 Å². The van der Waals surface area contributed by atoms with Gasteiger partial charge in [0.05, 0.1) is 43.7 Å². The first kappa shape index (κ1) is 29.9. The van der Waals surface area contributed by atoms with Crippen LogP contribution in [0.25, 0.3) is 5.57 Å². The van der Waals surface area contributed by atoms with E-state index in [0.29, 0.717) is 46.8 Å². The van der Waals surface area contributed by atoms with Crippen molar-refractivity contribution in [3.8, 4) is 11.5 Å². The molecule has 0 bridgehead atoms. The van der Waals surface area contributed by atoms with Crippen LogP contribution in [0.5, 0.6) is 11.5 Å². The van der Waals surface area contributed by atoms with Crippen molar-refractivity contribution in [1.29, 1.82) is 0 Å². The second-order valence-electron chi connectivity index (χ2n) is 8.55. The van der Waals surface area contributed by atoms with E-state index in [0.717, 1.165) is 24.0 Å². The van der Waals surface area contributed by atoms with Gasteiger partial charge in [0.1, 0.15) is 11.3 Å². The van der Waals surface area contributed by atoms with Crippen molar-refractivity contribution in [2.75, 3.05) is 27.4 Å². The summed E-state index contributed by atoms with van der Waals surface area (Å²) in [4.78, 5) is 12.2. The van der Waals surface area contributed by atoms with Crippen molar-refractivity contribution >= 4 is 34.7 Å². The summed E-state index contributed by atoms with van der Waals surface area (Å²) in [7, 11) is 2.83. The zero-order chi connectivity index (χ0) is 26.2. The van der Waals surface area contributed by atoms with Gasteiger partial charge in [-0.15, -0.1) is 0 Å². The largest absolute Gasteiger partial charge is 0.503 e. The van der Waals surface area contributed by atoms with Gasteiger partial charge in [-0.25, -0.2) is 4.79 Å². The summed E-state index contributed by atoms with van der Waals surface area (Å²) >= 11 is 12.9. The third-order valence-corrected chi connectivity index (χ3v) is 6.37. The molecule has 5 nitrogen and oxygen atoms in total. The number of benzene rings is 2. The molecule has 0 spiro atoms. The highest BCUT2D eigenvalue weighted by Gasteiger charge is 2.17. The lowest BCUT2D eigenvalue weighted by molar-refractivity contribution is -0.133. The van der Waals surface area contributed by atoms with Gasteiger partial charge >= 0.3 is 5.97 Å². The Kier molecular flexibility index (Phi) is 14.2. The minimum atomic E-state index is -0.466. The van der Waals surface area contributed by atoms with E-state index in [9.17, 15) is 4.79 Å².